The minimum atomic E-state index is -0.732. The maximum Gasteiger partial charge on any atom is 0.417 e. The number of nitrogens with zero attached hydrogens (tertiary/aromatic N) is 1. The van der Waals surface area contributed by atoms with Crippen LogP contribution in [0.1, 0.15) is 75.7 Å². The number of nitrogen functional groups attached to an aromatic ring is 1. The maximum atomic E-state index is 13.7. The van der Waals surface area contributed by atoms with E-state index in [4.69, 9.17) is 10.5 Å². The second-order valence-electron chi connectivity index (χ2n) is 12.6. The molecule has 2 amide bonds. The Balaban J connectivity index is 1.55. The number of hydrogen-bond donors (Lipinski definition) is 2. The second-order valence-corrected chi connectivity index (χ2v) is 12.6. The number of hydrogen-bond acceptors (Lipinski definition) is 6. The van der Waals surface area contributed by atoms with Crippen molar-refractivity contribution >= 4 is 23.5 Å². The summed E-state index contributed by atoms with van der Waals surface area (Å²) in [5, 5.41) is 11.7. The van der Waals surface area contributed by atoms with Crippen LogP contribution in [0.4, 0.5) is 10.5 Å². The van der Waals surface area contributed by atoms with Gasteiger partial charge in [-0.25, -0.2) is 9.69 Å². The summed E-state index contributed by atoms with van der Waals surface area (Å²) in [6, 6.07) is 5.19. The first-order valence-corrected chi connectivity index (χ1v) is 13.6. The topological polar surface area (TPSA) is 110 Å². The van der Waals surface area contributed by atoms with E-state index >= 15 is 0 Å². The Bertz CT molecular complexity index is 1160. The molecular weight excluding hydrogens is 468 g/mol. The van der Waals surface area contributed by atoms with Gasteiger partial charge in [-0.1, -0.05) is 39.8 Å². The maximum absolute atomic E-state index is 13.7. The van der Waals surface area contributed by atoms with Crippen molar-refractivity contribution in [3.05, 3.63) is 42.0 Å². The normalized spacial score (nSPS) is 41.3. The van der Waals surface area contributed by atoms with Crippen LogP contribution in [0.25, 0.3) is 0 Å². The lowest BCUT2D eigenvalue weighted by atomic mass is 9.44. The zero-order valence-corrected chi connectivity index (χ0v) is 22.5. The summed E-state index contributed by atoms with van der Waals surface area (Å²) in [4.78, 5) is 41.7. The van der Waals surface area contributed by atoms with E-state index in [-0.39, 0.29) is 35.5 Å². The van der Waals surface area contributed by atoms with Crippen molar-refractivity contribution in [3.63, 3.8) is 0 Å². The second kappa shape index (κ2) is 8.69. The third-order valence-corrected chi connectivity index (χ3v) is 11.0. The van der Waals surface area contributed by atoms with Gasteiger partial charge in [-0.15, -0.1) is 6.58 Å². The number of imide groups is 1. The molecule has 0 spiro atoms. The number of Topliss-reactive ketones (excluding diaryl/α,β-unsaturated/α-hetero) is 1. The molecule has 1 unspecified atom stereocenters. The largest absolute Gasteiger partial charge is 0.445 e. The van der Waals surface area contributed by atoms with E-state index in [0.29, 0.717) is 30.5 Å². The van der Waals surface area contributed by atoms with Crippen LogP contribution in [-0.2, 0) is 16.0 Å². The number of benzene rings is 1. The van der Waals surface area contributed by atoms with Crippen LogP contribution in [-0.4, -0.2) is 46.5 Å². The number of ketones is 1. The summed E-state index contributed by atoms with van der Waals surface area (Å²) >= 11 is 0. The molecule has 2 bridgehead atoms. The number of carbonyl (C=O) groups excluding carboxylic acids is 3. The predicted molar refractivity (Wildman–Crippen MR) is 141 cm³/mol. The standard InChI is InChI=1S/C30H40N2O5/c1-6-28(4)16-23(37-27(36)32-14-11-19-7-8-20(31)15-21(19)26(32)35)29(5)17(2)9-12-30(18(3)25(28)34)13-10-22(33)24(29)30/h6-8,15,17-18,23-25,34H,1,9-14,16,31H2,2-5H3/t17-,18+,23-,24?,25+,28-,29+,30+/m1/s1. The molecule has 5 rings (SSSR count). The summed E-state index contributed by atoms with van der Waals surface area (Å²) in [5.41, 5.74) is 5.97. The van der Waals surface area contributed by atoms with E-state index in [2.05, 4.69) is 27.4 Å². The number of anilines is 1. The Morgan fingerprint density at radius 2 is 1.95 bits per heavy atom. The van der Waals surface area contributed by atoms with E-state index in [1.165, 1.54) is 0 Å². The monoisotopic (exact) mass is 508 g/mol. The molecule has 1 aliphatic heterocycles. The molecule has 1 aromatic carbocycles. The lowest BCUT2D eigenvalue weighted by Gasteiger charge is -2.61. The Kier molecular flexibility index (Phi) is 6.09. The molecule has 1 heterocycles. The molecular formula is C30H40N2O5. The van der Waals surface area contributed by atoms with E-state index in [1.54, 1.807) is 18.2 Å². The van der Waals surface area contributed by atoms with Gasteiger partial charge < -0.3 is 15.6 Å². The third kappa shape index (κ3) is 3.60. The number of rotatable bonds is 2. The molecule has 3 N–H and O–H groups in total. The van der Waals surface area contributed by atoms with E-state index in [0.717, 1.165) is 29.7 Å². The smallest absolute Gasteiger partial charge is 0.417 e. The minimum Gasteiger partial charge on any atom is -0.445 e. The van der Waals surface area contributed by atoms with Crippen LogP contribution < -0.4 is 5.73 Å². The van der Waals surface area contributed by atoms with Crippen LogP contribution in [0.15, 0.2) is 30.9 Å². The number of amides is 2. The van der Waals surface area contributed by atoms with Crippen LogP contribution in [0.3, 0.4) is 0 Å². The Labute approximate surface area is 219 Å². The first-order chi connectivity index (χ1) is 17.4. The van der Waals surface area contributed by atoms with Crippen molar-refractivity contribution < 1.29 is 24.2 Å². The van der Waals surface area contributed by atoms with Gasteiger partial charge in [-0.05, 0) is 67.1 Å². The van der Waals surface area contributed by atoms with Gasteiger partial charge in [0.05, 0.1) is 6.10 Å². The van der Waals surface area contributed by atoms with Crippen molar-refractivity contribution in [2.45, 2.75) is 78.4 Å². The highest BCUT2D eigenvalue weighted by Gasteiger charge is 2.68. The molecule has 0 aromatic heterocycles. The number of ether oxygens (including phenoxy) is 1. The molecule has 0 radical (unpaired) electrons. The summed E-state index contributed by atoms with van der Waals surface area (Å²) in [6.07, 6.45) is 3.53. The number of nitrogens with two attached hydrogens (primary N) is 1. The van der Waals surface area contributed by atoms with Crippen LogP contribution in [0.2, 0.25) is 0 Å². The lowest BCUT2D eigenvalue weighted by molar-refractivity contribution is -0.192. The Hall–Kier alpha value is -2.67. The average molecular weight is 509 g/mol. The van der Waals surface area contributed by atoms with E-state index in [9.17, 15) is 19.5 Å². The Morgan fingerprint density at radius 1 is 1.22 bits per heavy atom. The zero-order chi connectivity index (χ0) is 26.9. The molecule has 4 aliphatic rings. The molecule has 3 fully saturated rings. The van der Waals surface area contributed by atoms with Crippen molar-refractivity contribution in [2.24, 2.45) is 34.0 Å². The summed E-state index contributed by atoms with van der Waals surface area (Å²) in [7, 11) is 0. The van der Waals surface area contributed by atoms with Gasteiger partial charge in [0, 0.05) is 41.0 Å². The number of aliphatic hydroxyl groups excluding tert-OH is 1. The number of fused-ring (bicyclic) bond motifs is 1. The quantitative estimate of drug-likeness (QED) is 0.440. The molecule has 8 atom stereocenters. The molecule has 200 valence electrons. The van der Waals surface area contributed by atoms with E-state index < -0.39 is 35.0 Å². The van der Waals surface area contributed by atoms with E-state index in [1.807, 2.05) is 13.0 Å². The SMILES string of the molecule is C=C[C@]1(C)C[C@@H](OC(=O)N2CCc3ccc(N)cc3C2=O)[C@@]2(C)C3C(=O)CC[C@@]3(CC[C@H]2C)[C@@H](C)[C@@H]1O. The molecule has 1 aromatic rings. The third-order valence-electron chi connectivity index (χ3n) is 11.0. The highest BCUT2D eigenvalue weighted by Crippen LogP contribution is 2.68. The van der Waals surface area contributed by atoms with Crippen LogP contribution >= 0.6 is 0 Å². The predicted octanol–water partition coefficient (Wildman–Crippen LogP) is 4.77. The highest BCUT2D eigenvalue weighted by atomic mass is 16.6. The minimum absolute atomic E-state index is 0.0962. The molecule has 7 heteroatoms. The average Bonchev–Trinajstić information content (AvgIpc) is 3.23. The first-order valence-electron chi connectivity index (χ1n) is 13.6. The fourth-order valence-electron chi connectivity index (χ4n) is 8.35. The van der Waals surface area contributed by atoms with Crippen LogP contribution in [0, 0.1) is 34.0 Å². The van der Waals surface area contributed by atoms with Gasteiger partial charge >= 0.3 is 6.09 Å². The fourth-order valence-corrected chi connectivity index (χ4v) is 8.35. The van der Waals surface area contributed by atoms with Gasteiger partial charge in [0.2, 0.25) is 0 Å². The Morgan fingerprint density at radius 3 is 2.65 bits per heavy atom. The van der Waals surface area contributed by atoms with Gasteiger partial charge in [0.1, 0.15) is 11.9 Å². The molecule has 37 heavy (non-hydrogen) atoms. The zero-order valence-electron chi connectivity index (χ0n) is 22.5. The molecule has 0 saturated heterocycles. The fraction of sp³-hybridized carbons (Fsp3) is 0.633. The summed E-state index contributed by atoms with van der Waals surface area (Å²) in [5.74, 6) is -0.494. The number of aliphatic hydroxyl groups is 1. The molecule has 3 aliphatic carbocycles. The van der Waals surface area contributed by atoms with Crippen molar-refractivity contribution in [3.8, 4) is 0 Å². The summed E-state index contributed by atoms with van der Waals surface area (Å²) in [6.45, 7) is 12.6. The van der Waals surface area contributed by atoms with Crippen molar-refractivity contribution in [1.29, 1.82) is 0 Å². The van der Waals surface area contributed by atoms with Gasteiger partial charge in [0.15, 0.2) is 0 Å². The van der Waals surface area contributed by atoms with Gasteiger partial charge in [-0.3, -0.25) is 9.59 Å². The first kappa shape index (κ1) is 26.0. The lowest BCUT2D eigenvalue weighted by Crippen LogP contribution is -2.63. The number of carbonyl (C=O) groups is 3. The van der Waals surface area contributed by atoms with Gasteiger partial charge in [-0.2, -0.15) is 0 Å². The molecule has 3 saturated carbocycles. The van der Waals surface area contributed by atoms with Crippen molar-refractivity contribution in [1.82, 2.24) is 4.90 Å². The molecule has 7 nitrogen and oxygen atoms in total. The highest BCUT2D eigenvalue weighted by molar-refractivity contribution is 6.05. The summed E-state index contributed by atoms with van der Waals surface area (Å²) < 4.78 is 6.30. The van der Waals surface area contributed by atoms with Crippen LogP contribution in [0.5, 0.6) is 0 Å². The van der Waals surface area contributed by atoms with Crippen molar-refractivity contribution in [2.75, 3.05) is 12.3 Å². The van der Waals surface area contributed by atoms with Gasteiger partial charge in [0.25, 0.3) is 5.91 Å².